The fourth-order valence-electron chi connectivity index (χ4n) is 2.92. The van der Waals surface area contributed by atoms with Crippen molar-refractivity contribution in [3.63, 3.8) is 0 Å². The van der Waals surface area contributed by atoms with Gasteiger partial charge in [0.15, 0.2) is 0 Å². The molecule has 0 aromatic heterocycles. The van der Waals surface area contributed by atoms with Gasteiger partial charge in [0.25, 0.3) is 6.64 Å². The lowest BCUT2D eigenvalue weighted by molar-refractivity contribution is -0.161. The highest BCUT2D eigenvalue weighted by molar-refractivity contribution is 8.09. The molecule has 1 amide bonds. The van der Waals surface area contributed by atoms with Crippen molar-refractivity contribution in [1.29, 1.82) is 0 Å². The second kappa shape index (κ2) is 7.82. The van der Waals surface area contributed by atoms with Crippen LogP contribution in [0, 0.1) is 5.92 Å². The first kappa shape index (κ1) is 19.8. The Labute approximate surface area is 149 Å². The minimum absolute atomic E-state index is 0.0322. The number of aliphatic hydroxyl groups is 1. The lowest BCUT2D eigenvalue weighted by Gasteiger charge is -2.44. The Morgan fingerprint density at radius 3 is 2.67 bits per heavy atom. The number of hydrogen-bond donors (Lipinski definition) is 3. The maximum absolute atomic E-state index is 12.1. The quantitative estimate of drug-likeness (QED) is 0.295. The molecule has 0 aliphatic carbocycles. The largest absolute Gasteiger partial charge is 0.477 e. The van der Waals surface area contributed by atoms with Crippen LogP contribution in [0.15, 0.2) is 10.6 Å². The maximum atomic E-state index is 12.1. The molecule has 2 aliphatic rings. The molecule has 11 heteroatoms. The lowest BCUT2D eigenvalue weighted by atomic mass is 9.83. The summed E-state index contributed by atoms with van der Waals surface area (Å²) >= 11 is 6.55. The fourth-order valence-corrected chi connectivity index (χ4v) is 5.20. The number of nitrogens with one attached hydrogen (secondary N) is 1. The Hall–Kier alpha value is -0.480. The standard InChI is InChI=1S/C13H21N2O6PS2/c1-7(16)10-8-6-9(11(13(18)19)15(8)12(10)17)24-5-4-14-22(23,20-2)21-3/h7-8,10,16H,4-6H2,1-3H3,(H,14,23)(H,18,19)/t7-,8-,10-/m1/s1. The number of thioether (sulfide) groups is 1. The van der Waals surface area contributed by atoms with E-state index in [-0.39, 0.29) is 17.6 Å². The number of carboxylic acid groups (broad SMARTS) is 1. The van der Waals surface area contributed by atoms with Gasteiger partial charge in [0.05, 0.1) is 18.1 Å². The van der Waals surface area contributed by atoms with Crippen LogP contribution < -0.4 is 5.09 Å². The zero-order valence-electron chi connectivity index (χ0n) is 13.6. The second-order valence-electron chi connectivity index (χ2n) is 5.44. The predicted molar refractivity (Wildman–Crippen MR) is 93.8 cm³/mol. The van der Waals surface area contributed by atoms with E-state index >= 15 is 0 Å². The summed E-state index contributed by atoms with van der Waals surface area (Å²) in [6.45, 7) is -0.444. The average Bonchev–Trinajstić information content (AvgIpc) is 2.85. The summed E-state index contributed by atoms with van der Waals surface area (Å²) < 4.78 is 10.2. The molecule has 0 aromatic carbocycles. The Morgan fingerprint density at radius 2 is 2.17 bits per heavy atom. The number of hydrogen-bond acceptors (Lipinski definition) is 7. The molecule has 0 saturated carbocycles. The molecule has 8 nitrogen and oxygen atoms in total. The first-order valence-electron chi connectivity index (χ1n) is 7.32. The van der Waals surface area contributed by atoms with Crippen LogP contribution in [0.3, 0.4) is 0 Å². The molecule has 0 radical (unpaired) electrons. The summed E-state index contributed by atoms with van der Waals surface area (Å²) in [6, 6.07) is -0.262. The lowest BCUT2D eigenvalue weighted by Crippen LogP contribution is -2.61. The third-order valence-electron chi connectivity index (χ3n) is 4.06. The number of nitrogens with zero attached hydrogens (tertiary/aromatic N) is 1. The van der Waals surface area contributed by atoms with Crippen molar-refractivity contribution in [2.45, 2.75) is 25.5 Å². The molecule has 2 aliphatic heterocycles. The molecular weight excluding hydrogens is 375 g/mol. The molecule has 0 bridgehead atoms. The van der Waals surface area contributed by atoms with Gasteiger partial charge in [-0.05, 0) is 18.7 Å². The molecule has 0 aromatic rings. The smallest absolute Gasteiger partial charge is 0.353 e. The molecule has 0 unspecified atom stereocenters. The van der Waals surface area contributed by atoms with Gasteiger partial charge in [0.1, 0.15) is 5.70 Å². The van der Waals surface area contributed by atoms with E-state index in [0.29, 0.717) is 23.6 Å². The number of carbonyl (C=O) groups excluding carboxylic acids is 1. The van der Waals surface area contributed by atoms with Crippen molar-refractivity contribution in [1.82, 2.24) is 9.99 Å². The summed E-state index contributed by atoms with van der Waals surface area (Å²) in [7, 11) is 2.94. The predicted octanol–water partition coefficient (Wildman–Crippen LogP) is 0.734. The van der Waals surface area contributed by atoms with Crippen molar-refractivity contribution in [3.8, 4) is 0 Å². The van der Waals surface area contributed by atoms with Crippen LogP contribution in [0.4, 0.5) is 0 Å². The molecule has 136 valence electrons. The highest BCUT2D eigenvalue weighted by atomic mass is 32.5. The van der Waals surface area contributed by atoms with Crippen LogP contribution in [-0.4, -0.2) is 65.7 Å². The Bertz CT molecular complexity index is 603. The van der Waals surface area contributed by atoms with E-state index < -0.39 is 24.6 Å². The Kier molecular flexibility index (Phi) is 6.46. The molecular formula is C13H21N2O6PS2. The zero-order chi connectivity index (χ0) is 18.1. The summed E-state index contributed by atoms with van der Waals surface area (Å²) in [5.74, 6) is -1.41. The van der Waals surface area contributed by atoms with E-state index in [2.05, 4.69) is 5.09 Å². The first-order valence-corrected chi connectivity index (χ1v) is 10.9. The van der Waals surface area contributed by atoms with Crippen LogP contribution in [0.25, 0.3) is 0 Å². The first-order chi connectivity index (χ1) is 11.3. The van der Waals surface area contributed by atoms with Gasteiger partial charge in [-0.3, -0.25) is 4.79 Å². The van der Waals surface area contributed by atoms with E-state index in [9.17, 15) is 19.8 Å². The Morgan fingerprint density at radius 1 is 1.54 bits per heavy atom. The monoisotopic (exact) mass is 396 g/mol. The second-order valence-corrected chi connectivity index (χ2v) is 10.1. The van der Waals surface area contributed by atoms with Crippen LogP contribution in [0.5, 0.6) is 0 Å². The van der Waals surface area contributed by atoms with Crippen LogP contribution in [-0.2, 0) is 30.4 Å². The van der Waals surface area contributed by atoms with Crippen LogP contribution in [0.2, 0.25) is 0 Å². The zero-order valence-corrected chi connectivity index (χ0v) is 16.1. The minimum Gasteiger partial charge on any atom is -0.477 e. The summed E-state index contributed by atoms with van der Waals surface area (Å²) in [6.07, 6.45) is -0.329. The topological polar surface area (TPSA) is 108 Å². The van der Waals surface area contributed by atoms with Crippen LogP contribution in [0.1, 0.15) is 13.3 Å². The highest BCUT2D eigenvalue weighted by Crippen LogP contribution is 2.47. The Balaban J connectivity index is 1.99. The highest BCUT2D eigenvalue weighted by Gasteiger charge is 2.56. The molecule has 2 rings (SSSR count). The average molecular weight is 396 g/mol. The third kappa shape index (κ3) is 3.70. The summed E-state index contributed by atoms with van der Waals surface area (Å²) in [5, 5.41) is 22.1. The molecule has 3 N–H and O–H groups in total. The van der Waals surface area contributed by atoms with Crippen LogP contribution >= 0.6 is 18.4 Å². The number of carboxylic acids is 1. The third-order valence-corrected chi connectivity index (χ3v) is 8.03. The molecule has 1 fully saturated rings. The molecule has 24 heavy (non-hydrogen) atoms. The number of rotatable bonds is 9. The SMILES string of the molecule is COP(=S)(NCCSC1=C(C(=O)O)N2C(=O)[C@H]([C@@H](C)O)[C@H]2C1)OC. The van der Waals surface area contributed by atoms with E-state index in [0.717, 1.165) is 0 Å². The van der Waals surface area contributed by atoms with Crippen molar-refractivity contribution in [2.75, 3.05) is 26.5 Å². The van der Waals surface area contributed by atoms with Gasteiger partial charge in [-0.15, -0.1) is 11.8 Å². The number of fused-ring (bicyclic) bond motifs is 1. The summed E-state index contributed by atoms with van der Waals surface area (Å²) in [4.78, 5) is 25.5. The van der Waals surface area contributed by atoms with Gasteiger partial charge in [-0.1, -0.05) is 0 Å². The number of aliphatic hydroxyl groups excluding tert-OH is 1. The van der Waals surface area contributed by atoms with Crippen molar-refractivity contribution in [2.24, 2.45) is 5.92 Å². The molecule has 1 saturated heterocycles. The summed E-state index contributed by atoms with van der Waals surface area (Å²) in [5.41, 5.74) is 0.0322. The van der Waals surface area contributed by atoms with Crippen molar-refractivity contribution >= 4 is 42.1 Å². The molecule has 0 spiro atoms. The number of amides is 1. The van der Waals surface area contributed by atoms with Gasteiger partial charge in [-0.25, -0.2) is 9.88 Å². The van der Waals surface area contributed by atoms with Gasteiger partial charge < -0.3 is 24.2 Å². The molecule has 3 atom stereocenters. The maximum Gasteiger partial charge on any atom is 0.353 e. The van der Waals surface area contributed by atoms with Crippen molar-refractivity contribution in [3.05, 3.63) is 10.6 Å². The van der Waals surface area contributed by atoms with Gasteiger partial charge in [-0.2, -0.15) is 0 Å². The van der Waals surface area contributed by atoms with E-state index in [1.54, 1.807) is 6.92 Å². The number of aliphatic carboxylic acids is 1. The van der Waals surface area contributed by atoms with E-state index in [1.165, 1.54) is 30.9 Å². The number of carbonyl (C=O) groups is 2. The van der Waals surface area contributed by atoms with Gasteiger partial charge in [0.2, 0.25) is 5.91 Å². The van der Waals surface area contributed by atoms with E-state index in [1.807, 2.05) is 0 Å². The normalized spacial score (nSPS) is 24.8. The fraction of sp³-hybridized carbons (Fsp3) is 0.692. The van der Waals surface area contributed by atoms with Gasteiger partial charge in [0, 0.05) is 37.8 Å². The van der Waals surface area contributed by atoms with E-state index in [4.69, 9.17) is 20.9 Å². The van der Waals surface area contributed by atoms with Gasteiger partial charge >= 0.3 is 5.97 Å². The minimum atomic E-state index is -2.48. The van der Waals surface area contributed by atoms with Crippen molar-refractivity contribution < 1.29 is 28.8 Å². The number of β-lactam (4-membered cyclic amide) rings is 1. The molecule has 2 heterocycles.